The van der Waals surface area contributed by atoms with Crippen LogP contribution in [0.25, 0.3) is 0 Å². The van der Waals surface area contributed by atoms with E-state index in [0.717, 1.165) is 35.4 Å². The van der Waals surface area contributed by atoms with Crippen LogP contribution < -0.4 is 5.32 Å². The fourth-order valence-corrected chi connectivity index (χ4v) is 2.43. The van der Waals surface area contributed by atoms with Crippen molar-refractivity contribution in [1.82, 2.24) is 4.90 Å². The number of hydrogen-bond donors (Lipinski definition) is 1. The number of likely N-dealkylation sites (N-methyl/N-ethyl adjacent to an activating group) is 1. The Kier molecular flexibility index (Phi) is 5.72. The van der Waals surface area contributed by atoms with Gasteiger partial charge < -0.3 is 10.2 Å². The summed E-state index contributed by atoms with van der Waals surface area (Å²) in [6.45, 7) is 2.66. The predicted octanol–water partition coefficient (Wildman–Crippen LogP) is 4.54. The molecule has 0 aliphatic rings. The Labute approximate surface area is 130 Å². The van der Waals surface area contributed by atoms with E-state index < -0.39 is 0 Å². The molecule has 2 rings (SSSR count). The summed E-state index contributed by atoms with van der Waals surface area (Å²) in [5.74, 6) is 0. The Morgan fingerprint density at radius 3 is 2.60 bits per heavy atom. The third-order valence-electron chi connectivity index (χ3n) is 3.02. The highest BCUT2D eigenvalue weighted by molar-refractivity contribution is 6.33. The molecule has 0 aliphatic heterocycles. The molecule has 106 valence electrons. The molecule has 4 heteroatoms. The average Bonchev–Trinajstić information content (AvgIpc) is 2.41. The van der Waals surface area contributed by atoms with Crippen molar-refractivity contribution in [2.24, 2.45) is 0 Å². The Morgan fingerprint density at radius 2 is 1.85 bits per heavy atom. The van der Waals surface area contributed by atoms with Crippen molar-refractivity contribution in [3.05, 3.63) is 64.1 Å². The van der Waals surface area contributed by atoms with E-state index in [9.17, 15) is 0 Å². The van der Waals surface area contributed by atoms with E-state index in [2.05, 4.69) is 23.3 Å². The van der Waals surface area contributed by atoms with Crippen molar-refractivity contribution < 1.29 is 0 Å². The van der Waals surface area contributed by atoms with Crippen LogP contribution in [-0.4, -0.2) is 25.0 Å². The van der Waals surface area contributed by atoms with Crippen molar-refractivity contribution in [2.45, 2.75) is 6.54 Å². The van der Waals surface area contributed by atoms with Gasteiger partial charge in [0.25, 0.3) is 0 Å². The smallest absolute Gasteiger partial charge is 0.0637 e. The van der Waals surface area contributed by atoms with Gasteiger partial charge in [-0.05, 0) is 36.9 Å². The molecule has 0 bridgehead atoms. The van der Waals surface area contributed by atoms with Gasteiger partial charge in [-0.1, -0.05) is 47.5 Å². The highest BCUT2D eigenvalue weighted by Gasteiger charge is 2.02. The summed E-state index contributed by atoms with van der Waals surface area (Å²) in [5.41, 5.74) is 2.20. The van der Waals surface area contributed by atoms with Crippen molar-refractivity contribution in [1.29, 1.82) is 0 Å². The quantitative estimate of drug-likeness (QED) is 0.843. The highest BCUT2D eigenvalue weighted by atomic mass is 35.5. The van der Waals surface area contributed by atoms with Crippen molar-refractivity contribution in [3.8, 4) is 0 Å². The molecule has 0 amide bonds. The molecule has 0 aromatic heterocycles. The topological polar surface area (TPSA) is 15.3 Å². The molecule has 0 saturated carbocycles. The van der Waals surface area contributed by atoms with Gasteiger partial charge in [0.15, 0.2) is 0 Å². The second-order valence-corrected chi connectivity index (χ2v) is 5.62. The second kappa shape index (κ2) is 7.53. The lowest BCUT2D eigenvalue weighted by Gasteiger charge is -2.18. The van der Waals surface area contributed by atoms with E-state index in [0.29, 0.717) is 0 Å². The van der Waals surface area contributed by atoms with Crippen LogP contribution in [-0.2, 0) is 6.54 Å². The number of nitrogens with one attached hydrogen (secondary N) is 1. The van der Waals surface area contributed by atoms with Crippen LogP contribution in [0.1, 0.15) is 5.56 Å². The standard InChI is InChI=1S/C16H18Cl2N2/c1-20(12-13-5-4-6-14(17)11-13)10-9-19-16-8-3-2-7-15(16)18/h2-8,11,19H,9-10,12H2,1H3. The van der Waals surface area contributed by atoms with E-state index in [1.54, 1.807) is 0 Å². The minimum Gasteiger partial charge on any atom is -0.383 e. The molecule has 1 N–H and O–H groups in total. The molecule has 0 atom stereocenters. The first-order valence-corrected chi connectivity index (χ1v) is 7.32. The van der Waals surface area contributed by atoms with E-state index in [4.69, 9.17) is 23.2 Å². The first kappa shape index (κ1) is 15.2. The summed E-state index contributed by atoms with van der Waals surface area (Å²) < 4.78 is 0. The van der Waals surface area contributed by atoms with Crippen LogP contribution in [0.5, 0.6) is 0 Å². The first-order valence-electron chi connectivity index (χ1n) is 6.56. The highest BCUT2D eigenvalue weighted by Crippen LogP contribution is 2.20. The number of rotatable bonds is 6. The first-order chi connectivity index (χ1) is 9.65. The van der Waals surface area contributed by atoms with Gasteiger partial charge in [-0.3, -0.25) is 0 Å². The monoisotopic (exact) mass is 308 g/mol. The molecule has 0 aliphatic carbocycles. The number of para-hydroxylation sites is 1. The largest absolute Gasteiger partial charge is 0.383 e. The summed E-state index contributed by atoms with van der Waals surface area (Å²) in [6.07, 6.45) is 0. The summed E-state index contributed by atoms with van der Waals surface area (Å²) in [7, 11) is 2.09. The lowest BCUT2D eigenvalue weighted by atomic mass is 10.2. The number of halogens is 2. The fourth-order valence-electron chi connectivity index (χ4n) is 2.01. The van der Waals surface area contributed by atoms with Gasteiger partial charge in [0, 0.05) is 24.7 Å². The molecule has 20 heavy (non-hydrogen) atoms. The van der Waals surface area contributed by atoms with Gasteiger partial charge in [0.05, 0.1) is 10.7 Å². The maximum absolute atomic E-state index is 6.10. The van der Waals surface area contributed by atoms with Crippen molar-refractivity contribution in [2.75, 3.05) is 25.5 Å². The molecule has 0 unspecified atom stereocenters. The van der Waals surface area contributed by atoms with Crippen LogP contribution in [0.4, 0.5) is 5.69 Å². The van der Waals surface area contributed by atoms with Crippen LogP contribution in [0.3, 0.4) is 0 Å². The molecule has 0 saturated heterocycles. The van der Waals surface area contributed by atoms with E-state index in [1.165, 1.54) is 5.56 Å². The SMILES string of the molecule is CN(CCNc1ccccc1Cl)Cc1cccc(Cl)c1. The Morgan fingerprint density at radius 1 is 1.05 bits per heavy atom. The predicted molar refractivity (Wildman–Crippen MR) is 87.7 cm³/mol. The molecule has 0 fully saturated rings. The van der Waals surface area contributed by atoms with Crippen LogP contribution in [0.2, 0.25) is 10.0 Å². The normalized spacial score (nSPS) is 10.8. The molecule has 0 heterocycles. The number of nitrogens with zero attached hydrogens (tertiary/aromatic N) is 1. The van der Waals surface area contributed by atoms with Crippen LogP contribution in [0.15, 0.2) is 48.5 Å². The van der Waals surface area contributed by atoms with Crippen LogP contribution in [0, 0.1) is 0 Å². The average molecular weight is 309 g/mol. The number of hydrogen-bond acceptors (Lipinski definition) is 2. The Bertz CT molecular complexity index is 558. The van der Waals surface area contributed by atoms with Crippen molar-refractivity contribution in [3.63, 3.8) is 0 Å². The van der Waals surface area contributed by atoms with Gasteiger partial charge in [0.2, 0.25) is 0 Å². The van der Waals surface area contributed by atoms with E-state index >= 15 is 0 Å². The summed E-state index contributed by atoms with van der Waals surface area (Å²) in [6, 6.07) is 15.7. The van der Waals surface area contributed by atoms with Gasteiger partial charge in [-0.2, -0.15) is 0 Å². The number of anilines is 1. The molecular formula is C16H18Cl2N2. The molecule has 0 spiro atoms. The van der Waals surface area contributed by atoms with Gasteiger partial charge in [-0.25, -0.2) is 0 Å². The zero-order valence-corrected chi connectivity index (χ0v) is 13.0. The molecule has 2 aromatic rings. The zero-order valence-electron chi connectivity index (χ0n) is 11.4. The minimum atomic E-state index is 0.755. The zero-order chi connectivity index (χ0) is 14.4. The van der Waals surface area contributed by atoms with Gasteiger partial charge in [-0.15, -0.1) is 0 Å². The third kappa shape index (κ3) is 4.71. The Balaban J connectivity index is 1.78. The lowest BCUT2D eigenvalue weighted by Crippen LogP contribution is -2.24. The minimum absolute atomic E-state index is 0.755. The summed E-state index contributed by atoms with van der Waals surface area (Å²) in [4.78, 5) is 2.25. The second-order valence-electron chi connectivity index (χ2n) is 4.77. The summed E-state index contributed by atoms with van der Waals surface area (Å²) >= 11 is 12.1. The number of benzene rings is 2. The lowest BCUT2D eigenvalue weighted by molar-refractivity contribution is 0.340. The summed E-state index contributed by atoms with van der Waals surface area (Å²) in [5, 5.41) is 4.88. The molecule has 2 nitrogen and oxygen atoms in total. The van der Waals surface area contributed by atoms with E-state index in [-0.39, 0.29) is 0 Å². The van der Waals surface area contributed by atoms with Gasteiger partial charge in [0.1, 0.15) is 0 Å². The third-order valence-corrected chi connectivity index (χ3v) is 3.59. The van der Waals surface area contributed by atoms with Crippen molar-refractivity contribution >= 4 is 28.9 Å². The molecule has 2 aromatic carbocycles. The molecular weight excluding hydrogens is 291 g/mol. The maximum atomic E-state index is 6.10. The fraction of sp³-hybridized carbons (Fsp3) is 0.250. The van der Waals surface area contributed by atoms with E-state index in [1.807, 2.05) is 42.5 Å². The van der Waals surface area contributed by atoms with Gasteiger partial charge >= 0.3 is 0 Å². The maximum Gasteiger partial charge on any atom is 0.0637 e. The van der Waals surface area contributed by atoms with Crippen LogP contribution >= 0.6 is 23.2 Å². The Hall–Kier alpha value is -1.22. The molecule has 0 radical (unpaired) electrons.